The number of para-hydroxylation sites is 1. The van der Waals surface area contributed by atoms with Gasteiger partial charge in [0.15, 0.2) is 0 Å². The van der Waals surface area contributed by atoms with E-state index < -0.39 is 6.03 Å². The third kappa shape index (κ3) is 3.97. The minimum absolute atomic E-state index is 0.0428. The molecule has 2 aromatic carbocycles. The van der Waals surface area contributed by atoms with Crippen molar-refractivity contribution in [3.05, 3.63) is 54.1 Å². The lowest BCUT2D eigenvalue weighted by Gasteiger charge is -2.06. The smallest absolute Gasteiger partial charge is 0.339 e. The molecule has 0 aliphatic carbocycles. The van der Waals surface area contributed by atoms with Crippen LogP contribution in [0.3, 0.4) is 0 Å². The average Bonchev–Trinajstić information content (AvgIpc) is 2.46. The van der Waals surface area contributed by atoms with Gasteiger partial charge in [-0.05, 0) is 31.2 Å². The summed E-state index contributed by atoms with van der Waals surface area (Å²) in [6.07, 6.45) is 0. The first-order valence-corrected chi connectivity index (χ1v) is 6.25. The second-order valence-electron chi connectivity index (χ2n) is 4.33. The molecule has 0 saturated heterocycles. The highest BCUT2D eigenvalue weighted by molar-refractivity contribution is 6.02. The molecular formula is C15H15N3O3. The number of hydrogen-bond donors (Lipinski definition) is 4. The molecule has 6 heteroatoms. The maximum absolute atomic E-state index is 11.7. The van der Waals surface area contributed by atoms with Crippen LogP contribution in [0, 0.1) is 0 Å². The van der Waals surface area contributed by atoms with E-state index in [2.05, 4.69) is 15.8 Å². The third-order valence-electron chi connectivity index (χ3n) is 2.73. The fourth-order valence-electron chi connectivity index (χ4n) is 1.70. The molecule has 0 aromatic heterocycles. The number of hydrogen-bond acceptors (Lipinski definition) is 4. The third-order valence-corrected chi connectivity index (χ3v) is 2.73. The van der Waals surface area contributed by atoms with Gasteiger partial charge in [-0.15, -0.1) is 0 Å². The zero-order valence-corrected chi connectivity index (χ0v) is 11.4. The molecule has 0 atom stereocenters. The van der Waals surface area contributed by atoms with Gasteiger partial charge in [0.1, 0.15) is 11.5 Å². The lowest BCUT2D eigenvalue weighted by Crippen LogP contribution is -2.25. The van der Waals surface area contributed by atoms with Gasteiger partial charge in [-0.3, -0.25) is 0 Å². The molecule has 0 radical (unpaired) electrons. The molecule has 0 fully saturated rings. The van der Waals surface area contributed by atoms with Crippen LogP contribution in [0.25, 0.3) is 0 Å². The van der Waals surface area contributed by atoms with Gasteiger partial charge in [0, 0.05) is 17.3 Å². The molecule has 4 N–H and O–H groups in total. The standard InChI is InChI=1S/C15H15N3O3/c1-10(13-8-7-12(19)9-14(13)20)17-18-15(21)16-11-5-3-2-4-6-11/h2-9,19-20H,1H3,(H2,16,18,21)/b17-10-. The molecular weight excluding hydrogens is 270 g/mol. The molecule has 0 unspecified atom stereocenters. The van der Waals surface area contributed by atoms with E-state index in [-0.39, 0.29) is 11.5 Å². The van der Waals surface area contributed by atoms with E-state index in [1.54, 1.807) is 31.2 Å². The van der Waals surface area contributed by atoms with Crippen LogP contribution in [0.2, 0.25) is 0 Å². The maximum Gasteiger partial charge on any atom is 0.339 e. The van der Waals surface area contributed by atoms with Crippen molar-refractivity contribution in [1.82, 2.24) is 5.43 Å². The Morgan fingerprint density at radius 3 is 2.48 bits per heavy atom. The van der Waals surface area contributed by atoms with E-state index >= 15 is 0 Å². The van der Waals surface area contributed by atoms with E-state index in [0.29, 0.717) is 17.0 Å². The SMILES string of the molecule is C/C(=N/NC(=O)Nc1ccccc1)c1ccc(O)cc1O. The molecule has 0 aliphatic heterocycles. The van der Waals surface area contributed by atoms with Crippen molar-refractivity contribution in [2.75, 3.05) is 5.32 Å². The van der Waals surface area contributed by atoms with E-state index in [4.69, 9.17) is 0 Å². The molecule has 2 amide bonds. The van der Waals surface area contributed by atoms with Crippen molar-refractivity contribution in [2.45, 2.75) is 6.92 Å². The van der Waals surface area contributed by atoms with Gasteiger partial charge in [-0.25, -0.2) is 10.2 Å². The highest BCUT2D eigenvalue weighted by Crippen LogP contribution is 2.22. The maximum atomic E-state index is 11.7. The Balaban J connectivity index is 2.01. The van der Waals surface area contributed by atoms with Crippen LogP contribution >= 0.6 is 0 Å². The van der Waals surface area contributed by atoms with Crippen LogP contribution in [0.5, 0.6) is 11.5 Å². The van der Waals surface area contributed by atoms with Gasteiger partial charge in [0.05, 0.1) is 5.71 Å². The minimum Gasteiger partial charge on any atom is -0.508 e. The fourth-order valence-corrected chi connectivity index (χ4v) is 1.70. The number of amides is 2. The topological polar surface area (TPSA) is 94.0 Å². The van der Waals surface area contributed by atoms with Crippen LogP contribution in [0.1, 0.15) is 12.5 Å². The predicted molar refractivity (Wildman–Crippen MR) is 80.6 cm³/mol. The molecule has 0 aliphatic rings. The van der Waals surface area contributed by atoms with E-state index in [1.165, 1.54) is 18.2 Å². The number of carbonyl (C=O) groups excluding carboxylic acids is 1. The molecule has 0 saturated carbocycles. The first-order valence-electron chi connectivity index (χ1n) is 6.25. The summed E-state index contributed by atoms with van der Waals surface area (Å²) in [5.41, 5.74) is 3.82. The van der Waals surface area contributed by atoms with Crippen LogP contribution in [0.15, 0.2) is 53.6 Å². The van der Waals surface area contributed by atoms with Crippen LogP contribution in [0.4, 0.5) is 10.5 Å². The minimum atomic E-state index is -0.487. The van der Waals surface area contributed by atoms with Crippen molar-refractivity contribution in [1.29, 1.82) is 0 Å². The predicted octanol–water partition coefficient (Wildman–Crippen LogP) is 2.64. The Labute approximate surface area is 121 Å². The molecule has 2 rings (SSSR count). The van der Waals surface area contributed by atoms with Crippen molar-refractivity contribution in [3.8, 4) is 11.5 Å². The summed E-state index contributed by atoms with van der Waals surface area (Å²) in [6, 6.07) is 12.6. The molecule has 108 valence electrons. The van der Waals surface area contributed by atoms with E-state index in [1.807, 2.05) is 6.07 Å². The Bertz CT molecular complexity index is 669. The molecule has 0 heterocycles. The quantitative estimate of drug-likeness (QED) is 0.516. The Morgan fingerprint density at radius 1 is 1.10 bits per heavy atom. The lowest BCUT2D eigenvalue weighted by molar-refractivity contribution is 0.252. The number of benzene rings is 2. The highest BCUT2D eigenvalue weighted by Gasteiger charge is 2.06. The van der Waals surface area contributed by atoms with Crippen LogP contribution in [-0.4, -0.2) is 22.0 Å². The van der Waals surface area contributed by atoms with Gasteiger partial charge in [0.2, 0.25) is 0 Å². The monoisotopic (exact) mass is 285 g/mol. The number of anilines is 1. The van der Waals surface area contributed by atoms with Gasteiger partial charge in [-0.1, -0.05) is 18.2 Å². The number of aromatic hydroxyl groups is 2. The van der Waals surface area contributed by atoms with Crippen molar-refractivity contribution < 1.29 is 15.0 Å². The highest BCUT2D eigenvalue weighted by atomic mass is 16.3. The second kappa shape index (κ2) is 6.42. The largest absolute Gasteiger partial charge is 0.508 e. The fraction of sp³-hybridized carbons (Fsp3) is 0.0667. The number of urea groups is 1. The number of carbonyl (C=O) groups is 1. The summed E-state index contributed by atoms with van der Waals surface area (Å²) in [5, 5.41) is 25.4. The number of nitrogens with one attached hydrogen (secondary N) is 2. The molecule has 6 nitrogen and oxygen atoms in total. The number of hydrazone groups is 1. The molecule has 21 heavy (non-hydrogen) atoms. The summed E-state index contributed by atoms with van der Waals surface area (Å²) in [6.45, 7) is 1.63. The zero-order valence-electron chi connectivity index (χ0n) is 11.4. The summed E-state index contributed by atoms with van der Waals surface area (Å²) in [7, 11) is 0. The summed E-state index contributed by atoms with van der Waals surface area (Å²) >= 11 is 0. The number of nitrogens with zero attached hydrogens (tertiary/aromatic N) is 1. The van der Waals surface area contributed by atoms with Crippen molar-refractivity contribution in [2.24, 2.45) is 5.10 Å². The van der Waals surface area contributed by atoms with Gasteiger partial charge in [0.25, 0.3) is 0 Å². The first kappa shape index (κ1) is 14.4. The van der Waals surface area contributed by atoms with Gasteiger partial charge >= 0.3 is 6.03 Å². The molecule has 2 aromatic rings. The van der Waals surface area contributed by atoms with E-state index in [9.17, 15) is 15.0 Å². The zero-order chi connectivity index (χ0) is 15.2. The van der Waals surface area contributed by atoms with Crippen molar-refractivity contribution in [3.63, 3.8) is 0 Å². The number of phenolic OH excluding ortho intramolecular Hbond substituents is 2. The lowest BCUT2D eigenvalue weighted by atomic mass is 10.1. The van der Waals surface area contributed by atoms with Crippen LogP contribution in [-0.2, 0) is 0 Å². The summed E-state index contributed by atoms with van der Waals surface area (Å²) in [5.74, 6) is -0.152. The first-order chi connectivity index (χ1) is 10.1. The number of rotatable bonds is 3. The Morgan fingerprint density at radius 2 is 1.81 bits per heavy atom. The second-order valence-corrected chi connectivity index (χ2v) is 4.33. The molecule has 0 spiro atoms. The normalized spacial score (nSPS) is 11.0. The van der Waals surface area contributed by atoms with Crippen LogP contribution < -0.4 is 10.7 Å². The molecule has 0 bridgehead atoms. The van der Waals surface area contributed by atoms with E-state index in [0.717, 1.165) is 0 Å². The average molecular weight is 285 g/mol. The van der Waals surface area contributed by atoms with Crippen molar-refractivity contribution >= 4 is 17.4 Å². The summed E-state index contributed by atoms with van der Waals surface area (Å²) in [4.78, 5) is 11.7. The van der Waals surface area contributed by atoms with Gasteiger partial charge in [-0.2, -0.15) is 5.10 Å². The Kier molecular flexibility index (Phi) is 4.40. The number of phenols is 2. The summed E-state index contributed by atoms with van der Waals surface area (Å²) < 4.78 is 0. The van der Waals surface area contributed by atoms with Gasteiger partial charge < -0.3 is 15.5 Å². The Hall–Kier alpha value is -3.02.